The molecule has 2 fully saturated rings. The fraction of sp³-hybridized carbons (Fsp3) is 1.00. The maximum Gasteiger partial charge on any atom is 0.0218 e. The highest BCUT2D eigenvalue weighted by atomic mass is 15.2. The summed E-state index contributed by atoms with van der Waals surface area (Å²) < 4.78 is 0. The molecule has 0 bridgehead atoms. The first-order valence-corrected chi connectivity index (χ1v) is 6.45. The second kappa shape index (κ2) is 5.28. The molecule has 1 heterocycles. The zero-order valence-electron chi connectivity index (χ0n) is 9.91. The van der Waals surface area contributed by atoms with Gasteiger partial charge in [0.2, 0.25) is 0 Å². The molecule has 0 radical (unpaired) electrons. The van der Waals surface area contributed by atoms with Gasteiger partial charge in [-0.3, -0.25) is 0 Å². The molecule has 0 aromatic rings. The minimum absolute atomic E-state index is 0.698. The van der Waals surface area contributed by atoms with E-state index in [4.69, 9.17) is 5.73 Å². The SMILES string of the molecule is CN1CCCC1CNC1CCCC1CN. The molecule has 3 heteroatoms. The lowest BCUT2D eigenvalue weighted by Gasteiger charge is -2.25. The van der Waals surface area contributed by atoms with Gasteiger partial charge < -0.3 is 16.0 Å². The fourth-order valence-electron chi connectivity index (χ4n) is 3.11. The van der Waals surface area contributed by atoms with Gasteiger partial charge in [0.1, 0.15) is 0 Å². The maximum absolute atomic E-state index is 5.78. The first-order valence-electron chi connectivity index (χ1n) is 6.45. The van der Waals surface area contributed by atoms with Gasteiger partial charge in [0, 0.05) is 18.6 Å². The predicted octanol–water partition coefficient (Wildman–Crippen LogP) is 0.798. The van der Waals surface area contributed by atoms with Crippen molar-refractivity contribution in [1.82, 2.24) is 10.2 Å². The van der Waals surface area contributed by atoms with Gasteiger partial charge in [0.15, 0.2) is 0 Å². The topological polar surface area (TPSA) is 41.3 Å². The fourth-order valence-corrected chi connectivity index (χ4v) is 3.11. The van der Waals surface area contributed by atoms with E-state index >= 15 is 0 Å². The van der Waals surface area contributed by atoms with Crippen molar-refractivity contribution in [3.05, 3.63) is 0 Å². The minimum Gasteiger partial charge on any atom is -0.330 e. The first-order chi connectivity index (χ1) is 7.31. The average Bonchev–Trinajstić information content (AvgIpc) is 2.83. The largest absolute Gasteiger partial charge is 0.330 e. The molecule has 3 unspecified atom stereocenters. The molecule has 0 aromatic heterocycles. The molecule has 3 nitrogen and oxygen atoms in total. The number of nitrogens with two attached hydrogens (primary N) is 1. The van der Waals surface area contributed by atoms with Crippen LogP contribution in [-0.4, -0.2) is 43.7 Å². The quantitative estimate of drug-likeness (QED) is 0.722. The van der Waals surface area contributed by atoms with Crippen LogP contribution in [0.15, 0.2) is 0 Å². The summed E-state index contributed by atoms with van der Waals surface area (Å²) in [6.45, 7) is 3.30. The van der Waals surface area contributed by atoms with Crippen LogP contribution in [0.25, 0.3) is 0 Å². The summed E-state index contributed by atoms with van der Waals surface area (Å²) in [5.74, 6) is 0.733. The van der Waals surface area contributed by atoms with E-state index in [-0.39, 0.29) is 0 Å². The predicted molar refractivity (Wildman–Crippen MR) is 63.8 cm³/mol. The van der Waals surface area contributed by atoms with Crippen molar-refractivity contribution in [2.75, 3.05) is 26.7 Å². The molecule has 1 aliphatic carbocycles. The van der Waals surface area contributed by atoms with Crippen LogP contribution in [-0.2, 0) is 0 Å². The van der Waals surface area contributed by atoms with Crippen LogP contribution in [0, 0.1) is 5.92 Å². The second-order valence-electron chi connectivity index (χ2n) is 5.22. The van der Waals surface area contributed by atoms with Gasteiger partial charge in [-0.05, 0) is 51.7 Å². The zero-order chi connectivity index (χ0) is 10.7. The highest BCUT2D eigenvalue weighted by Gasteiger charge is 2.27. The van der Waals surface area contributed by atoms with Crippen molar-refractivity contribution >= 4 is 0 Å². The summed E-state index contributed by atoms with van der Waals surface area (Å²) in [6.07, 6.45) is 6.75. The number of rotatable bonds is 4. The normalized spacial score (nSPS) is 37.6. The molecule has 3 N–H and O–H groups in total. The third kappa shape index (κ3) is 2.71. The number of likely N-dealkylation sites (tertiary alicyclic amines) is 1. The Morgan fingerprint density at radius 1 is 1.27 bits per heavy atom. The Labute approximate surface area is 93.4 Å². The van der Waals surface area contributed by atoms with Crippen LogP contribution in [0.4, 0.5) is 0 Å². The number of hydrogen-bond acceptors (Lipinski definition) is 3. The molecule has 0 spiro atoms. The Morgan fingerprint density at radius 3 is 2.80 bits per heavy atom. The summed E-state index contributed by atoms with van der Waals surface area (Å²) >= 11 is 0. The lowest BCUT2D eigenvalue weighted by Crippen LogP contribution is -2.43. The molecule has 1 aliphatic heterocycles. The molecule has 1 saturated heterocycles. The Hall–Kier alpha value is -0.120. The van der Waals surface area contributed by atoms with Gasteiger partial charge in [-0.2, -0.15) is 0 Å². The lowest BCUT2D eigenvalue weighted by atomic mass is 10.0. The van der Waals surface area contributed by atoms with Crippen molar-refractivity contribution in [3.8, 4) is 0 Å². The van der Waals surface area contributed by atoms with E-state index in [0.717, 1.165) is 25.0 Å². The number of likely N-dealkylation sites (N-methyl/N-ethyl adjacent to an activating group) is 1. The van der Waals surface area contributed by atoms with E-state index in [0.29, 0.717) is 6.04 Å². The number of nitrogens with zero attached hydrogens (tertiary/aromatic N) is 1. The Balaban J connectivity index is 1.72. The third-order valence-electron chi connectivity index (χ3n) is 4.25. The van der Waals surface area contributed by atoms with Crippen molar-refractivity contribution in [3.63, 3.8) is 0 Å². The highest BCUT2D eigenvalue weighted by molar-refractivity contribution is 4.86. The van der Waals surface area contributed by atoms with E-state index in [9.17, 15) is 0 Å². The summed E-state index contributed by atoms with van der Waals surface area (Å²) in [6, 6.07) is 1.47. The molecule has 0 aromatic carbocycles. The molecule has 3 atom stereocenters. The van der Waals surface area contributed by atoms with Crippen LogP contribution in [0.2, 0.25) is 0 Å². The monoisotopic (exact) mass is 211 g/mol. The Kier molecular flexibility index (Phi) is 4.00. The lowest BCUT2D eigenvalue weighted by molar-refractivity contribution is 0.280. The average molecular weight is 211 g/mol. The van der Waals surface area contributed by atoms with E-state index in [2.05, 4.69) is 17.3 Å². The van der Waals surface area contributed by atoms with Crippen molar-refractivity contribution in [2.45, 2.75) is 44.2 Å². The summed E-state index contributed by atoms with van der Waals surface area (Å²) in [5, 5.41) is 3.73. The zero-order valence-corrected chi connectivity index (χ0v) is 9.91. The Morgan fingerprint density at radius 2 is 2.13 bits per heavy atom. The Bertz CT molecular complexity index is 195. The van der Waals surface area contributed by atoms with E-state index in [1.54, 1.807) is 0 Å². The molecule has 2 aliphatic rings. The molecule has 88 valence electrons. The highest BCUT2D eigenvalue weighted by Crippen LogP contribution is 2.25. The summed E-state index contributed by atoms with van der Waals surface area (Å²) in [7, 11) is 2.24. The van der Waals surface area contributed by atoms with Gasteiger partial charge >= 0.3 is 0 Å². The van der Waals surface area contributed by atoms with Gasteiger partial charge in [0.25, 0.3) is 0 Å². The minimum atomic E-state index is 0.698. The molecule has 0 amide bonds. The van der Waals surface area contributed by atoms with Gasteiger partial charge in [-0.15, -0.1) is 0 Å². The second-order valence-corrected chi connectivity index (χ2v) is 5.22. The number of nitrogens with one attached hydrogen (secondary N) is 1. The van der Waals surface area contributed by atoms with Crippen molar-refractivity contribution in [2.24, 2.45) is 11.7 Å². The van der Waals surface area contributed by atoms with Crippen LogP contribution >= 0.6 is 0 Å². The molecule has 2 rings (SSSR count). The van der Waals surface area contributed by atoms with Gasteiger partial charge in [-0.25, -0.2) is 0 Å². The van der Waals surface area contributed by atoms with Crippen molar-refractivity contribution < 1.29 is 0 Å². The van der Waals surface area contributed by atoms with Crippen LogP contribution in [0.5, 0.6) is 0 Å². The standard InChI is InChI=1S/C12H25N3/c1-15-7-3-5-11(15)9-14-12-6-2-4-10(12)8-13/h10-12,14H,2-9,13H2,1H3. The van der Waals surface area contributed by atoms with Gasteiger partial charge in [0.05, 0.1) is 0 Å². The summed E-state index contributed by atoms with van der Waals surface area (Å²) in [4.78, 5) is 2.49. The van der Waals surface area contributed by atoms with E-state index < -0.39 is 0 Å². The first kappa shape index (κ1) is 11.4. The molecular formula is C12H25N3. The maximum atomic E-state index is 5.78. The molecule has 1 saturated carbocycles. The van der Waals surface area contributed by atoms with Gasteiger partial charge in [-0.1, -0.05) is 6.42 Å². The van der Waals surface area contributed by atoms with E-state index in [1.807, 2.05) is 0 Å². The van der Waals surface area contributed by atoms with Crippen molar-refractivity contribution in [1.29, 1.82) is 0 Å². The third-order valence-corrected chi connectivity index (χ3v) is 4.25. The van der Waals surface area contributed by atoms with Crippen LogP contribution in [0.1, 0.15) is 32.1 Å². The van der Waals surface area contributed by atoms with E-state index in [1.165, 1.54) is 38.6 Å². The summed E-state index contributed by atoms with van der Waals surface area (Å²) in [5.41, 5.74) is 5.78. The molecule has 15 heavy (non-hydrogen) atoms. The smallest absolute Gasteiger partial charge is 0.0218 e. The molecular weight excluding hydrogens is 186 g/mol. The van der Waals surface area contributed by atoms with Crippen LogP contribution < -0.4 is 11.1 Å². The number of hydrogen-bond donors (Lipinski definition) is 2. The van der Waals surface area contributed by atoms with Crippen LogP contribution in [0.3, 0.4) is 0 Å².